The van der Waals surface area contributed by atoms with Crippen LogP contribution >= 0.6 is 0 Å². The first-order valence-corrected chi connectivity index (χ1v) is 4.69. The van der Waals surface area contributed by atoms with E-state index in [9.17, 15) is 18.0 Å². The van der Waals surface area contributed by atoms with Crippen molar-refractivity contribution in [3.8, 4) is 0 Å². The minimum absolute atomic E-state index is 0.252. The highest BCUT2D eigenvalue weighted by Crippen LogP contribution is 2.35. The van der Waals surface area contributed by atoms with Gasteiger partial charge in [0.25, 0.3) is 6.43 Å². The fourth-order valence-electron chi connectivity index (χ4n) is 2.03. The largest absolute Gasteiger partial charge is 0.481 e. The monoisotopic (exact) mass is 210 g/mol. The van der Waals surface area contributed by atoms with Crippen molar-refractivity contribution in [2.24, 2.45) is 11.8 Å². The molecule has 0 aromatic carbocycles. The van der Waals surface area contributed by atoms with Gasteiger partial charge in [-0.3, -0.25) is 4.79 Å². The van der Waals surface area contributed by atoms with Gasteiger partial charge in [-0.15, -0.1) is 0 Å². The molecule has 0 spiro atoms. The Labute approximate surface area is 80.1 Å². The molecule has 1 saturated carbocycles. The Morgan fingerprint density at radius 3 is 2.29 bits per heavy atom. The Balaban J connectivity index is 2.67. The van der Waals surface area contributed by atoms with Crippen molar-refractivity contribution < 1.29 is 23.1 Å². The molecule has 1 aliphatic rings. The van der Waals surface area contributed by atoms with Gasteiger partial charge in [-0.05, 0) is 12.8 Å². The van der Waals surface area contributed by atoms with E-state index in [4.69, 9.17) is 5.11 Å². The molecule has 82 valence electrons. The fraction of sp³-hybridized carbons (Fsp3) is 0.889. The van der Waals surface area contributed by atoms with Gasteiger partial charge in [-0.1, -0.05) is 12.8 Å². The van der Waals surface area contributed by atoms with Gasteiger partial charge in [0.2, 0.25) is 0 Å². The van der Waals surface area contributed by atoms with E-state index >= 15 is 0 Å². The second-order valence-corrected chi connectivity index (χ2v) is 3.67. The third kappa shape index (κ3) is 2.39. The summed E-state index contributed by atoms with van der Waals surface area (Å²) in [6, 6.07) is 0. The number of alkyl halides is 3. The van der Waals surface area contributed by atoms with Gasteiger partial charge in [0.15, 0.2) is 6.17 Å². The third-order valence-electron chi connectivity index (χ3n) is 2.79. The van der Waals surface area contributed by atoms with Crippen molar-refractivity contribution in [2.75, 3.05) is 0 Å². The molecule has 3 unspecified atom stereocenters. The predicted molar refractivity (Wildman–Crippen MR) is 44.0 cm³/mol. The summed E-state index contributed by atoms with van der Waals surface area (Å²) >= 11 is 0. The Bertz CT molecular complexity index is 208. The summed E-state index contributed by atoms with van der Waals surface area (Å²) < 4.78 is 37.2. The second kappa shape index (κ2) is 4.66. The van der Waals surface area contributed by atoms with E-state index in [1.807, 2.05) is 0 Å². The van der Waals surface area contributed by atoms with Gasteiger partial charge in [0, 0.05) is 5.92 Å². The van der Waals surface area contributed by atoms with Crippen molar-refractivity contribution in [1.82, 2.24) is 0 Å². The molecule has 1 fully saturated rings. The number of rotatable bonds is 3. The van der Waals surface area contributed by atoms with Gasteiger partial charge in [-0.25, -0.2) is 13.2 Å². The highest BCUT2D eigenvalue weighted by atomic mass is 19.3. The Kier molecular flexibility index (Phi) is 3.77. The number of halogens is 3. The first-order valence-electron chi connectivity index (χ1n) is 4.69. The van der Waals surface area contributed by atoms with E-state index in [0.717, 1.165) is 0 Å². The highest BCUT2D eigenvalue weighted by Gasteiger charge is 2.40. The number of aliphatic carboxylic acids is 1. The average Bonchev–Trinajstić information content (AvgIpc) is 2.16. The van der Waals surface area contributed by atoms with Crippen LogP contribution in [0.15, 0.2) is 0 Å². The van der Waals surface area contributed by atoms with Crippen LogP contribution in [0.4, 0.5) is 13.2 Å². The Morgan fingerprint density at radius 2 is 1.79 bits per heavy atom. The normalized spacial score (nSPS) is 30.3. The minimum Gasteiger partial charge on any atom is -0.481 e. The lowest BCUT2D eigenvalue weighted by Crippen LogP contribution is -2.36. The maximum Gasteiger partial charge on any atom is 0.306 e. The van der Waals surface area contributed by atoms with Crippen LogP contribution in [0.1, 0.15) is 25.7 Å². The summed E-state index contributed by atoms with van der Waals surface area (Å²) in [6.45, 7) is 0. The molecule has 0 radical (unpaired) electrons. The third-order valence-corrected chi connectivity index (χ3v) is 2.79. The Morgan fingerprint density at radius 1 is 1.21 bits per heavy atom. The summed E-state index contributed by atoms with van der Waals surface area (Å²) in [5, 5.41) is 8.73. The second-order valence-electron chi connectivity index (χ2n) is 3.67. The fourth-order valence-corrected chi connectivity index (χ4v) is 2.03. The molecule has 5 heteroatoms. The van der Waals surface area contributed by atoms with Crippen LogP contribution in [0, 0.1) is 11.8 Å². The topological polar surface area (TPSA) is 37.3 Å². The quantitative estimate of drug-likeness (QED) is 0.776. The molecular weight excluding hydrogens is 197 g/mol. The molecule has 3 atom stereocenters. The number of carboxylic acid groups (broad SMARTS) is 1. The van der Waals surface area contributed by atoms with Crippen LogP contribution in [0.2, 0.25) is 0 Å². The van der Waals surface area contributed by atoms with Crippen LogP contribution in [0.5, 0.6) is 0 Å². The standard InChI is InChI=1S/C9H13F3O2/c10-7(8(11)12)5-3-1-2-4-6(5)9(13)14/h5-8H,1-4H2,(H,13,14). The number of carbonyl (C=O) groups is 1. The van der Waals surface area contributed by atoms with E-state index in [-0.39, 0.29) is 6.42 Å². The zero-order valence-electron chi connectivity index (χ0n) is 7.63. The molecule has 1 N–H and O–H groups in total. The average molecular weight is 210 g/mol. The van der Waals surface area contributed by atoms with Crippen LogP contribution in [-0.4, -0.2) is 23.7 Å². The van der Waals surface area contributed by atoms with Gasteiger partial charge in [-0.2, -0.15) is 0 Å². The van der Waals surface area contributed by atoms with Gasteiger partial charge in [0.1, 0.15) is 0 Å². The summed E-state index contributed by atoms with van der Waals surface area (Å²) in [7, 11) is 0. The SMILES string of the molecule is O=C(O)C1CCCCC1C(F)C(F)F. The first kappa shape index (κ1) is 11.3. The molecule has 0 bridgehead atoms. The van der Waals surface area contributed by atoms with Crippen molar-refractivity contribution in [1.29, 1.82) is 0 Å². The first-order chi connectivity index (χ1) is 6.54. The molecule has 0 aromatic rings. The lowest BCUT2D eigenvalue weighted by atomic mass is 9.77. The molecule has 0 aromatic heterocycles. The number of hydrogen-bond donors (Lipinski definition) is 1. The van der Waals surface area contributed by atoms with Gasteiger partial charge < -0.3 is 5.11 Å². The smallest absolute Gasteiger partial charge is 0.306 e. The van der Waals surface area contributed by atoms with E-state index in [1.54, 1.807) is 0 Å². The summed E-state index contributed by atoms with van der Waals surface area (Å²) in [6.07, 6.45) is -3.47. The highest BCUT2D eigenvalue weighted by molar-refractivity contribution is 5.70. The van der Waals surface area contributed by atoms with E-state index in [1.165, 1.54) is 0 Å². The molecule has 0 amide bonds. The molecule has 1 aliphatic carbocycles. The van der Waals surface area contributed by atoms with Crippen LogP contribution in [0.3, 0.4) is 0 Å². The molecular formula is C9H13F3O2. The van der Waals surface area contributed by atoms with Crippen LogP contribution < -0.4 is 0 Å². The van der Waals surface area contributed by atoms with E-state index < -0.39 is 30.4 Å². The molecule has 2 nitrogen and oxygen atoms in total. The summed E-state index contributed by atoms with van der Waals surface area (Å²) in [5.74, 6) is -3.10. The van der Waals surface area contributed by atoms with Crippen LogP contribution in [0.25, 0.3) is 0 Å². The van der Waals surface area contributed by atoms with E-state index in [2.05, 4.69) is 0 Å². The van der Waals surface area contributed by atoms with Crippen molar-refractivity contribution in [2.45, 2.75) is 38.3 Å². The van der Waals surface area contributed by atoms with Crippen molar-refractivity contribution >= 4 is 5.97 Å². The van der Waals surface area contributed by atoms with Crippen molar-refractivity contribution in [3.05, 3.63) is 0 Å². The molecule has 0 saturated heterocycles. The van der Waals surface area contributed by atoms with Crippen molar-refractivity contribution in [3.63, 3.8) is 0 Å². The molecule has 1 rings (SSSR count). The lowest BCUT2D eigenvalue weighted by Gasteiger charge is -2.30. The maximum atomic E-state index is 13.0. The Hall–Kier alpha value is -0.740. The number of hydrogen-bond acceptors (Lipinski definition) is 1. The van der Waals surface area contributed by atoms with Crippen LogP contribution in [-0.2, 0) is 4.79 Å². The molecule has 0 aliphatic heterocycles. The lowest BCUT2D eigenvalue weighted by molar-refractivity contribution is -0.147. The van der Waals surface area contributed by atoms with E-state index in [0.29, 0.717) is 19.3 Å². The zero-order valence-corrected chi connectivity index (χ0v) is 7.63. The van der Waals surface area contributed by atoms with Gasteiger partial charge >= 0.3 is 5.97 Å². The molecule has 14 heavy (non-hydrogen) atoms. The molecule has 0 heterocycles. The predicted octanol–water partition coefficient (Wildman–Crippen LogP) is 2.48. The van der Waals surface area contributed by atoms with Gasteiger partial charge in [0.05, 0.1) is 5.92 Å². The maximum absolute atomic E-state index is 13.0. The number of carboxylic acids is 1. The minimum atomic E-state index is -3.07. The summed E-state index contributed by atoms with van der Waals surface area (Å²) in [5.41, 5.74) is 0. The summed E-state index contributed by atoms with van der Waals surface area (Å²) in [4.78, 5) is 10.7. The zero-order chi connectivity index (χ0) is 10.7.